The monoisotopic (exact) mass is 384 g/mol. The minimum Gasteiger partial charge on any atom is -0.504 e. The minimum atomic E-state index is -0.620. The third kappa shape index (κ3) is 4.92. The van der Waals surface area contributed by atoms with Crippen LogP contribution in [0.15, 0.2) is 47.6 Å². The maximum absolute atomic E-state index is 12.0. The Morgan fingerprint density at radius 2 is 1.71 bits per heavy atom. The Labute approximate surface area is 163 Å². The van der Waals surface area contributed by atoms with Gasteiger partial charge in [0.1, 0.15) is 0 Å². The normalized spacial score (nSPS) is 15.1. The van der Waals surface area contributed by atoms with Crippen LogP contribution in [0.3, 0.4) is 0 Å². The number of piperazine rings is 1. The van der Waals surface area contributed by atoms with Crippen molar-refractivity contribution in [1.29, 1.82) is 0 Å². The second kappa shape index (κ2) is 9.09. The lowest BCUT2D eigenvalue weighted by Gasteiger charge is -2.36. The van der Waals surface area contributed by atoms with Crippen molar-refractivity contribution in [3.8, 4) is 17.2 Å². The van der Waals surface area contributed by atoms with Gasteiger partial charge in [0.25, 0.3) is 0 Å². The van der Waals surface area contributed by atoms with Gasteiger partial charge in [-0.2, -0.15) is 5.10 Å². The van der Waals surface area contributed by atoms with Crippen molar-refractivity contribution < 1.29 is 20.1 Å². The van der Waals surface area contributed by atoms with Gasteiger partial charge in [-0.05, 0) is 24.3 Å². The number of carbonyl (C=O) groups excluding carboxylic acids is 1. The number of hydrazone groups is 1. The van der Waals surface area contributed by atoms with E-state index in [4.69, 9.17) is 0 Å². The van der Waals surface area contributed by atoms with Crippen LogP contribution in [0.25, 0.3) is 0 Å². The molecule has 4 N–H and O–H groups in total. The fraction of sp³-hybridized carbons (Fsp3) is 0.300. The maximum atomic E-state index is 12.0. The zero-order valence-electron chi connectivity index (χ0n) is 15.5. The zero-order valence-corrected chi connectivity index (χ0v) is 15.5. The quantitative estimate of drug-likeness (QED) is 0.341. The summed E-state index contributed by atoms with van der Waals surface area (Å²) in [7, 11) is 0. The lowest BCUT2D eigenvalue weighted by atomic mass is 10.2. The van der Waals surface area contributed by atoms with E-state index in [2.05, 4.69) is 32.5 Å². The first-order chi connectivity index (χ1) is 13.5. The van der Waals surface area contributed by atoms with Gasteiger partial charge in [-0.1, -0.05) is 18.2 Å². The Morgan fingerprint density at radius 1 is 1.00 bits per heavy atom. The molecule has 1 heterocycles. The van der Waals surface area contributed by atoms with Crippen molar-refractivity contribution in [2.24, 2.45) is 5.10 Å². The van der Waals surface area contributed by atoms with Crippen molar-refractivity contribution in [2.45, 2.75) is 6.42 Å². The number of phenols is 3. The van der Waals surface area contributed by atoms with E-state index in [9.17, 15) is 20.1 Å². The molecule has 2 aromatic rings. The van der Waals surface area contributed by atoms with Gasteiger partial charge >= 0.3 is 0 Å². The van der Waals surface area contributed by atoms with Gasteiger partial charge < -0.3 is 20.2 Å². The number of anilines is 1. The molecule has 1 aliphatic rings. The van der Waals surface area contributed by atoms with Crippen LogP contribution in [0.5, 0.6) is 17.2 Å². The van der Waals surface area contributed by atoms with E-state index in [1.807, 2.05) is 18.2 Å². The van der Waals surface area contributed by atoms with Gasteiger partial charge in [0.05, 0.1) is 6.21 Å². The van der Waals surface area contributed by atoms with E-state index in [0.29, 0.717) is 13.0 Å². The van der Waals surface area contributed by atoms with E-state index in [-0.39, 0.29) is 11.5 Å². The highest BCUT2D eigenvalue weighted by Crippen LogP contribution is 2.36. The molecule has 1 amide bonds. The molecule has 0 spiro atoms. The van der Waals surface area contributed by atoms with Crippen LogP contribution < -0.4 is 10.3 Å². The van der Waals surface area contributed by atoms with E-state index in [1.165, 1.54) is 24.0 Å². The molecule has 28 heavy (non-hydrogen) atoms. The number of rotatable bonds is 6. The summed E-state index contributed by atoms with van der Waals surface area (Å²) in [6, 6.07) is 12.9. The van der Waals surface area contributed by atoms with Crippen LogP contribution in [0, 0.1) is 0 Å². The SMILES string of the molecule is O=C(CCN1CCN(c2ccccc2)CC1)NN=Cc1ccc(O)c(O)c1O. The first kappa shape index (κ1) is 19.5. The number of nitrogens with one attached hydrogen (secondary N) is 1. The zero-order chi connectivity index (χ0) is 19.9. The molecule has 2 aromatic carbocycles. The fourth-order valence-electron chi connectivity index (χ4n) is 3.05. The van der Waals surface area contributed by atoms with Crippen LogP contribution in [-0.4, -0.2) is 65.1 Å². The molecule has 0 atom stereocenters. The highest BCUT2D eigenvalue weighted by atomic mass is 16.3. The van der Waals surface area contributed by atoms with Gasteiger partial charge in [0.2, 0.25) is 11.7 Å². The van der Waals surface area contributed by atoms with Crippen molar-refractivity contribution in [2.75, 3.05) is 37.6 Å². The van der Waals surface area contributed by atoms with Gasteiger partial charge in [0.15, 0.2) is 11.5 Å². The third-order valence-corrected chi connectivity index (χ3v) is 4.70. The molecule has 1 aliphatic heterocycles. The van der Waals surface area contributed by atoms with Crippen LogP contribution in [-0.2, 0) is 4.79 Å². The summed E-state index contributed by atoms with van der Waals surface area (Å²) in [5.41, 5.74) is 3.81. The second-order valence-corrected chi connectivity index (χ2v) is 6.58. The predicted molar refractivity (Wildman–Crippen MR) is 107 cm³/mol. The minimum absolute atomic E-state index is 0.188. The number of hydrogen-bond acceptors (Lipinski definition) is 7. The van der Waals surface area contributed by atoms with E-state index < -0.39 is 17.2 Å². The average molecular weight is 384 g/mol. The third-order valence-electron chi connectivity index (χ3n) is 4.70. The number of aromatic hydroxyl groups is 3. The number of hydrogen-bond donors (Lipinski definition) is 4. The highest BCUT2D eigenvalue weighted by Gasteiger charge is 2.17. The first-order valence-corrected chi connectivity index (χ1v) is 9.13. The molecule has 8 heteroatoms. The molecule has 8 nitrogen and oxygen atoms in total. The smallest absolute Gasteiger partial charge is 0.241 e. The van der Waals surface area contributed by atoms with Crippen LogP contribution >= 0.6 is 0 Å². The number of amides is 1. The predicted octanol–water partition coefficient (Wildman–Crippen LogP) is 1.47. The number of phenolic OH excluding ortho intramolecular Hbond substituents is 3. The van der Waals surface area contributed by atoms with Gasteiger partial charge in [-0.3, -0.25) is 9.69 Å². The van der Waals surface area contributed by atoms with Crippen molar-refractivity contribution in [1.82, 2.24) is 10.3 Å². The lowest BCUT2D eigenvalue weighted by Crippen LogP contribution is -2.47. The highest BCUT2D eigenvalue weighted by molar-refractivity contribution is 5.87. The largest absolute Gasteiger partial charge is 0.504 e. The van der Waals surface area contributed by atoms with Crippen molar-refractivity contribution in [3.05, 3.63) is 48.0 Å². The Bertz CT molecular complexity index is 834. The topological polar surface area (TPSA) is 109 Å². The molecule has 1 fully saturated rings. The van der Waals surface area contributed by atoms with E-state index in [0.717, 1.165) is 26.2 Å². The Hall–Kier alpha value is -3.26. The summed E-state index contributed by atoms with van der Waals surface area (Å²) in [6.45, 7) is 4.29. The standard InChI is InChI=1S/C20H24N4O4/c25-17-7-6-15(19(27)20(17)28)14-21-22-18(26)8-9-23-10-12-24(13-11-23)16-4-2-1-3-5-16/h1-7,14,25,27-28H,8-13H2,(H,22,26). The average Bonchev–Trinajstić information content (AvgIpc) is 2.73. The number of para-hydroxylation sites is 1. The Balaban J connectivity index is 1.40. The molecular formula is C20H24N4O4. The molecule has 1 saturated heterocycles. The second-order valence-electron chi connectivity index (χ2n) is 6.58. The van der Waals surface area contributed by atoms with Gasteiger partial charge in [-0.25, -0.2) is 5.43 Å². The maximum Gasteiger partial charge on any atom is 0.241 e. The lowest BCUT2D eigenvalue weighted by molar-refractivity contribution is -0.121. The van der Waals surface area contributed by atoms with Crippen molar-refractivity contribution >= 4 is 17.8 Å². The summed E-state index contributed by atoms with van der Waals surface area (Å²) in [4.78, 5) is 16.5. The summed E-state index contributed by atoms with van der Waals surface area (Å²) >= 11 is 0. The number of carbonyl (C=O) groups is 1. The molecule has 0 aromatic heterocycles. The summed E-state index contributed by atoms with van der Waals surface area (Å²) < 4.78 is 0. The first-order valence-electron chi connectivity index (χ1n) is 9.13. The summed E-state index contributed by atoms with van der Waals surface area (Å²) in [5, 5.41) is 32.2. The molecule has 0 unspecified atom stereocenters. The Morgan fingerprint density at radius 3 is 2.43 bits per heavy atom. The van der Waals surface area contributed by atoms with Crippen LogP contribution in [0.4, 0.5) is 5.69 Å². The molecule has 148 valence electrons. The molecule has 3 rings (SSSR count). The van der Waals surface area contributed by atoms with Crippen LogP contribution in [0.1, 0.15) is 12.0 Å². The number of benzene rings is 2. The molecular weight excluding hydrogens is 360 g/mol. The van der Waals surface area contributed by atoms with Gasteiger partial charge in [0, 0.05) is 50.4 Å². The fourth-order valence-corrected chi connectivity index (χ4v) is 3.05. The Kier molecular flexibility index (Phi) is 6.33. The van der Waals surface area contributed by atoms with E-state index >= 15 is 0 Å². The van der Waals surface area contributed by atoms with Gasteiger partial charge in [-0.15, -0.1) is 0 Å². The molecule has 0 saturated carbocycles. The molecule has 0 aliphatic carbocycles. The van der Waals surface area contributed by atoms with Crippen molar-refractivity contribution in [3.63, 3.8) is 0 Å². The molecule has 0 radical (unpaired) electrons. The summed E-state index contributed by atoms with van der Waals surface area (Å²) in [5.74, 6) is -1.77. The number of nitrogens with zero attached hydrogens (tertiary/aromatic N) is 3. The van der Waals surface area contributed by atoms with Crippen LogP contribution in [0.2, 0.25) is 0 Å². The van der Waals surface area contributed by atoms with E-state index in [1.54, 1.807) is 0 Å². The summed E-state index contributed by atoms with van der Waals surface area (Å²) in [6.07, 6.45) is 1.53. The molecule has 0 bridgehead atoms.